The van der Waals surface area contributed by atoms with Crippen LogP contribution in [0.5, 0.6) is 5.75 Å². The Hall–Kier alpha value is -0.770. The molecule has 1 aromatic rings. The average Bonchev–Trinajstić information content (AvgIpc) is 2.80. The maximum absolute atomic E-state index is 5.81. The fourth-order valence-electron chi connectivity index (χ4n) is 1.92. The quantitative estimate of drug-likeness (QED) is 0.893. The summed E-state index contributed by atoms with van der Waals surface area (Å²) >= 11 is 0. The SMILES string of the molecule is CC(C)Oc1ccc(CO[C@@H]2CCNC2)cc1.Cl. The van der Waals surface area contributed by atoms with Crippen LogP contribution in [0.15, 0.2) is 24.3 Å². The van der Waals surface area contributed by atoms with E-state index in [1.165, 1.54) is 5.56 Å². The number of hydrogen-bond acceptors (Lipinski definition) is 3. The number of benzene rings is 1. The Morgan fingerprint density at radius 1 is 1.28 bits per heavy atom. The highest BCUT2D eigenvalue weighted by atomic mass is 35.5. The number of rotatable bonds is 5. The van der Waals surface area contributed by atoms with Crippen LogP contribution in [0.2, 0.25) is 0 Å². The number of halogens is 1. The molecule has 1 N–H and O–H groups in total. The van der Waals surface area contributed by atoms with E-state index in [9.17, 15) is 0 Å². The Labute approximate surface area is 115 Å². The van der Waals surface area contributed by atoms with Gasteiger partial charge in [0.15, 0.2) is 0 Å². The first kappa shape index (κ1) is 15.3. The summed E-state index contributed by atoms with van der Waals surface area (Å²) in [4.78, 5) is 0. The molecule has 1 saturated heterocycles. The van der Waals surface area contributed by atoms with Gasteiger partial charge in [0.05, 0.1) is 18.8 Å². The lowest BCUT2D eigenvalue weighted by Gasteiger charge is -2.12. The first-order valence-corrected chi connectivity index (χ1v) is 6.32. The zero-order valence-corrected chi connectivity index (χ0v) is 11.8. The minimum Gasteiger partial charge on any atom is -0.491 e. The highest BCUT2D eigenvalue weighted by Gasteiger charge is 2.14. The zero-order chi connectivity index (χ0) is 12.1. The van der Waals surface area contributed by atoms with Crippen molar-refractivity contribution in [1.29, 1.82) is 0 Å². The van der Waals surface area contributed by atoms with Crippen molar-refractivity contribution in [3.05, 3.63) is 29.8 Å². The summed E-state index contributed by atoms with van der Waals surface area (Å²) in [7, 11) is 0. The summed E-state index contributed by atoms with van der Waals surface area (Å²) in [6, 6.07) is 8.15. The molecule has 1 heterocycles. The minimum atomic E-state index is 0. The van der Waals surface area contributed by atoms with Crippen molar-refractivity contribution >= 4 is 12.4 Å². The monoisotopic (exact) mass is 271 g/mol. The molecule has 0 saturated carbocycles. The van der Waals surface area contributed by atoms with Crippen molar-refractivity contribution in [3.8, 4) is 5.75 Å². The highest BCUT2D eigenvalue weighted by molar-refractivity contribution is 5.85. The Bertz CT molecular complexity index is 334. The second kappa shape index (κ2) is 7.62. The van der Waals surface area contributed by atoms with Crippen LogP contribution < -0.4 is 10.1 Å². The van der Waals surface area contributed by atoms with Gasteiger partial charge in [-0.1, -0.05) is 12.1 Å². The summed E-state index contributed by atoms with van der Waals surface area (Å²) in [5.74, 6) is 0.922. The van der Waals surface area contributed by atoms with Crippen molar-refractivity contribution in [2.45, 2.75) is 39.1 Å². The second-order valence-electron chi connectivity index (χ2n) is 4.74. The lowest BCUT2D eigenvalue weighted by atomic mass is 10.2. The lowest BCUT2D eigenvalue weighted by molar-refractivity contribution is 0.0542. The van der Waals surface area contributed by atoms with Crippen molar-refractivity contribution in [2.75, 3.05) is 13.1 Å². The fourth-order valence-corrected chi connectivity index (χ4v) is 1.92. The van der Waals surface area contributed by atoms with Crippen LogP contribution in [0, 0.1) is 0 Å². The molecule has 4 heteroatoms. The van der Waals surface area contributed by atoms with Crippen molar-refractivity contribution in [2.24, 2.45) is 0 Å². The van der Waals surface area contributed by atoms with Crippen LogP contribution in [-0.4, -0.2) is 25.3 Å². The summed E-state index contributed by atoms with van der Waals surface area (Å²) < 4.78 is 11.4. The van der Waals surface area contributed by atoms with Crippen LogP contribution in [0.1, 0.15) is 25.8 Å². The Kier molecular flexibility index (Phi) is 6.47. The molecule has 0 aliphatic carbocycles. The van der Waals surface area contributed by atoms with E-state index in [2.05, 4.69) is 17.4 Å². The summed E-state index contributed by atoms with van der Waals surface area (Å²) in [5, 5.41) is 3.29. The van der Waals surface area contributed by atoms with E-state index in [4.69, 9.17) is 9.47 Å². The zero-order valence-electron chi connectivity index (χ0n) is 11.0. The molecule has 1 fully saturated rings. The molecular weight excluding hydrogens is 250 g/mol. The molecule has 1 aromatic carbocycles. The van der Waals surface area contributed by atoms with E-state index >= 15 is 0 Å². The summed E-state index contributed by atoms with van der Waals surface area (Å²) in [6.45, 7) is 6.81. The van der Waals surface area contributed by atoms with Gasteiger partial charge in [0, 0.05) is 6.54 Å². The van der Waals surface area contributed by atoms with Gasteiger partial charge in [-0.2, -0.15) is 0 Å². The van der Waals surface area contributed by atoms with Gasteiger partial charge in [-0.3, -0.25) is 0 Å². The van der Waals surface area contributed by atoms with Gasteiger partial charge in [0.25, 0.3) is 0 Å². The van der Waals surface area contributed by atoms with E-state index in [0.29, 0.717) is 12.7 Å². The molecule has 0 aromatic heterocycles. The molecule has 0 amide bonds. The number of nitrogens with one attached hydrogen (secondary N) is 1. The molecule has 3 nitrogen and oxygen atoms in total. The van der Waals surface area contributed by atoms with Crippen LogP contribution in [0.25, 0.3) is 0 Å². The Morgan fingerprint density at radius 2 is 2.00 bits per heavy atom. The first-order valence-electron chi connectivity index (χ1n) is 6.32. The van der Waals surface area contributed by atoms with E-state index in [1.807, 2.05) is 26.0 Å². The van der Waals surface area contributed by atoms with Crippen LogP contribution in [-0.2, 0) is 11.3 Å². The van der Waals surface area contributed by atoms with Gasteiger partial charge in [0.1, 0.15) is 5.75 Å². The maximum atomic E-state index is 5.81. The molecule has 0 unspecified atom stereocenters. The average molecular weight is 272 g/mol. The third-order valence-corrected chi connectivity index (χ3v) is 2.80. The van der Waals surface area contributed by atoms with Crippen LogP contribution in [0.3, 0.4) is 0 Å². The first-order chi connectivity index (χ1) is 8.24. The van der Waals surface area contributed by atoms with Crippen molar-refractivity contribution in [1.82, 2.24) is 5.32 Å². The highest BCUT2D eigenvalue weighted by Crippen LogP contribution is 2.15. The predicted octanol–water partition coefficient (Wildman–Crippen LogP) is 2.77. The van der Waals surface area contributed by atoms with Crippen molar-refractivity contribution in [3.63, 3.8) is 0 Å². The molecule has 0 bridgehead atoms. The molecule has 1 atom stereocenters. The lowest BCUT2D eigenvalue weighted by Crippen LogP contribution is -2.16. The second-order valence-corrected chi connectivity index (χ2v) is 4.74. The van der Waals surface area contributed by atoms with Gasteiger partial charge in [0.2, 0.25) is 0 Å². The van der Waals surface area contributed by atoms with E-state index < -0.39 is 0 Å². The normalized spacial score (nSPS) is 18.7. The Balaban J connectivity index is 0.00000162. The molecule has 0 spiro atoms. The van der Waals surface area contributed by atoms with E-state index in [1.54, 1.807) is 0 Å². The molecule has 0 radical (unpaired) electrons. The number of ether oxygens (including phenoxy) is 2. The fraction of sp³-hybridized carbons (Fsp3) is 0.571. The van der Waals surface area contributed by atoms with Gasteiger partial charge >= 0.3 is 0 Å². The summed E-state index contributed by atoms with van der Waals surface area (Å²) in [5.41, 5.74) is 1.20. The molecule has 1 aliphatic heterocycles. The van der Waals surface area contributed by atoms with Crippen LogP contribution >= 0.6 is 12.4 Å². The molecule has 18 heavy (non-hydrogen) atoms. The molecule has 1 aliphatic rings. The van der Waals surface area contributed by atoms with Gasteiger partial charge < -0.3 is 14.8 Å². The molecule has 102 valence electrons. The third-order valence-electron chi connectivity index (χ3n) is 2.80. The smallest absolute Gasteiger partial charge is 0.119 e. The third kappa shape index (κ3) is 4.84. The van der Waals surface area contributed by atoms with Crippen LogP contribution in [0.4, 0.5) is 0 Å². The van der Waals surface area contributed by atoms with E-state index in [-0.39, 0.29) is 18.5 Å². The molecular formula is C14H22ClNO2. The minimum absolute atomic E-state index is 0. The largest absolute Gasteiger partial charge is 0.491 e. The standard InChI is InChI=1S/C14H21NO2.ClH/c1-11(2)17-13-5-3-12(4-6-13)10-16-14-7-8-15-9-14;/h3-6,11,14-15H,7-10H2,1-2H3;1H/t14-;/m1./s1. The molecule has 2 rings (SSSR count). The van der Waals surface area contributed by atoms with Crippen molar-refractivity contribution < 1.29 is 9.47 Å². The van der Waals surface area contributed by atoms with Gasteiger partial charge in [-0.25, -0.2) is 0 Å². The Morgan fingerprint density at radius 3 is 2.56 bits per heavy atom. The predicted molar refractivity (Wildman–Crippen MR) is 75.5 cm³/mol. The number of hydrogen-bond donors (Lipinski definition) is 1. The van der Waals surface area contributed by atoms with Gasteiger partial charge in [-0.05, 0) is 44.5 Å². The topological polar surface area (TPSA) is 30.5 Å². The summed E-state index contributed by atoms with van der Waals surface area (Å²) in [6.07, 6.45) is 1.72. The maximum Gasteiger partial charge on any atom is 0.119 e. The van der Waals surface area contributed by atoms with Gasteiger partial charge in [-0.15, -0.1) is 12.4 Å². The van der Waals surface area contributed by atoms with E-state index in [0.717, 1.165) is 25.3 Å².